The number of para-hydroxylation sites is 1. The number of hydrogen-bond donors (Lipinski definition) is 0. The second kappa shape index (κ2) is 6.52. The number of methoxy groups -OCH3 is 1. The molecular weight excluding hydrogens is 328 g/mol. The van der Waals surface area contributed by atoms with Crippen molar-refractivity contribution in [3.8, 4) is 11.5 Å². The first-order chi connectivity index (χ1) is 9.91. The highest BCUT2D eigenvalue weighted by atomic mass is 79.9. The van der Waals surface area contributed by atoms with Gasteiger partial charge in [-0.3, -0.25) is 0 Å². The predicted octanol–water partition coefficient (Wildman–Crippen LogP) is 5.33. The zero-order valence-electron chi connectivity index (χ0n) is 12.9. The maximum absolute atomic E-state index is 6.02. The zero-order chi connectivity index (χ0) is 15.5. The quantitative estimate of drug-likeness (QED) is 0.742. The van der Waals surface area contributed by atoms with Crippen LogP contribution in [-0.2, 0) is 12.0 Å². The first-order valence-electron chi connectivity index (χ1n) is 6.96. The van der Waals surface area contributed by atoms with Crippen LogP contribution in [0.1, 0.15) is 31.9 Å². The van der Waals surface area contributed by atoms with Crippen LogP contribution in [0.4, 0.5) is 0 Å². The fourth-order valence-electron chi connectivity index (χ4n) is 2.17. The lowest BCUT2D eigenvalue weighted by molar-refractivity contribution is 0.297. The predicted molar refractivity (Wildman–Crippen MR) is 90.2 cm³/mol. The van der Waals surface area contributed by atoms with Crippen LogP contribution in [0.5, 0.6) is 11.5 Å². The van der Waals surface area contributed by atoms with Gasteiger partial charge in [-0.1, -0.05) is 45.0 Å². The van der Waals surface area contributed by atoms with E-state index in [1.807, 2.05) is 30.3 Å². The molecule has 0 aliphatic rings. The van der Waals surface area contributed by atoms with E-state index < -0.39 is 0 Å². The van der Waals surface area contributed by atoms with E-state index >= 15 is 0 Å². The van der Waals surface area contributed by atoms with E-state index in [0.717, 1.165) is 21.5 Å². The summed E-state index contributed by atoms with van der Waals surface area (Å²) in [5.41, 5.74) is 2.39. The second-order valence-electron chi connectivity index (χ2n) is 6.00. The van der Waals surface area contributed by atoms with Crippen LogP contribution in [0.3, 0.4) is 0 Å². The highest BCUT2D eigenvalue weighted by Gasteiger charge is 2.18. The minimum absolute atomic E-state index is 0.0666. The molecule has 0 N–H and O–H groups in total. The Morgan fingerprint density at radius 2 is 1.71 bits per heavy atom. The van der Waals surface area contributed by atoms with Gasteiger partial charge in [0.15, 0.2) is 0 Å². The molecule has 0 aliphatic carbocycles. The SMILES string of the molecule is COc1ccc(COc2ccccc2C(C)(C)C)cc1Br. The maximum Gasteiger partial charge on any atom is 0.133 e. The topological polar surface area (TPSA) is 18.5 Å². The Kier molecular flexibility index (Phi) is 4.94. The molecule has 2 aromatic rings. The summed E-state index contributed by atoms with van der Waals surface area (Å²) in [4.78, 5) is 0. The Morgan fingerprint density at radius 1 is 1.00 bits per heavy atom. The van der Waals surface area contributed by atoms with E-state index in [4.69, 9.17) is 9.47 Å². The number of benzene rings is 2. The summed E-state index contributed by atoms with van der Waals surface area (Å²) in [6.07, 6.45) is 0. The number of halogens is 1. The maximum atomic E-state index is 6.02. The average molecular weight is 349 g/mol. The van der Waals surface area contributed by atoms with Crippen molar-refractivity contribution in [2.24, 2.45) is 0 Å². The first-order valence-corrected chi connectivity index (χ1v) is 7.76. The van der Waals surface area contributed by atoms with Crippen molar-refractivity contribution < 1.29 is 9.47 Å². The Bertz CT molecular complexity index is 615. The third kappa shape index (κ3) is 4.01. The van der Waals surface area contributed by atoms with Gasteiger partial charge in [0.2, 0.25) is 0 Å². The molecule has 0 aromatic heterocycles. The molecule has 0 fully saturated rings. The van der Waals surface area contributed by atoms with Gasteiger partial charge in [0.1, 0.15) is 18.1 Å². The Balaban J connectivity index is 2.15. The van der Waals surface area contributed by atoms with Gasteiger partial charge in [0, 0.05) is 0 Å². The second-order valence-corrected chi connectivity index (χ2v) is 6.86. The largest absolute Gasteiger partial charge is 0.496 e. The molecule has 21 heavy (non-hydrogen) atoms. The molecule has 0 radical (unpaired) electrons. The normalized spacial score (nSPS) is 11.3. The summed E-state index contributed by atoms with van der Waals surface area (Å²) in [7, 11) is 1.66. The van der Waals surface area contributed by atoms with Crippen LogP contribution in [0.15, 0.2) is 46.9 Å². The molecular formula is C18H21BrO2. The van der Waals surface area contributed by atoms with E-state index in [2.05, 4.69) is 48.8 Å². The van der Waals surface area contributed by atoms with Gasteiger partial charge in [0.25, 0.3) is 0 Å². The lowest BCUT2D eigenvalue weighted by Gasteiger charge is -2.22. The van der Waals surface area contributed by atoms with Crippen molar-refractivity contribution in [2.45, 2.75) is 32.8 Å². The molecule has 112 valence electrons. The number of ether oxygens (including phenoxy) is 2. The summed E-state index contributed by atoms with van der Waals surface area (Å²) in [5, 5.41) is 0. The molecule has 3 heteroatoms. The Labute approximate surface area is 135 Å². The summed E-state index contributed by atoms with van der Waals surface area (Å²) in [6, 6.07) is 14.2. The molecule has 2 nitrogen and oxygen atoms in total. The molecule has 0 heterocycles. The van der Waals surface area contributed by atoms with Crippen molar-refractivity contribution in [3.63, 3.8) is 0 Å². The Morgan fingerprint density at radius 3 is 2.33 bits per heavy atom. The molecule has 0 spiro atoms. The first kappa shape index (κ1) is 15.9. The van der Waals surface area contributed by atoms with Gasteiger partial charge >= 0.3 is 0 Å². The molecule has 0 atom stereocenters. The summed E-state index contributed by atoms with van der Waals surface area (Å²) in [5.74, 6) is 1.77. The fraction of sp³-hybridized carbons (Fsp3) is 0.333. The zero-order valence-corrected chi connectivity index (χ0v) is 14.5. The molecule has 0 saturated heterocycles. The van der Waals surface area contributed by atoms with Crippen LogP contribution in [-0.4, -0.2) is 7.11 Å². The van der Waals surface area contributed by atoms with Crippen LogP contribution >= 0.6 is 15.9 Å². The van der Waals surface area contributed by atoms with Crippen LogP contribution in [0.2, 0.25) is 0 Å². The van der Waals surface area contributed by atoms with Crippen LogP contribution < -0.4 is 9.47 Å². The molecule has 2 rings (SSSR count). The molecule has 0 unspecified atom stereocenters. The monoisotopic (exact) mass is 348 g/mol. The highest BCUT2D eigenvalue weighted by Crippen LogP contribution is 2.32. The molecule has 2 aromatic carbocycles. The van der Waals surface area contributed by atoms with E-state index in [-0.39, 0.29) is 5.41 Å². The van der Waals surface area contributed by atoms with Crippen molar-refractivity contribution in [2.75, 3.05) is 7.11 Å². The van der Waals surface area contributed by atoms with E-state index in [9.17, 15) is 0 Å². The summed E-state index contributed by atoms with van der Waals surface area (Å²) >= 11 is 3.50. The summed E-state index contributed by atoms with van der Waals surface area (Å²) in [6.45, 7) is 7.12. The number of hydrogen-bond acceptors (Lipinski definition) is 2. The smallest absolute Gasteiger partial charge is 0.133 e. The van der Waals surface area contributed by atoms with E-state index in [0.29, 0.717) is 6.61 Å². The van der Waals surface area contributed by atoms with Crippen LogP contribution in [0.25, 0.3) is 0 Å². The third-order valence-corrected chi connectivity index (χ3v) is 3.93. The minimum Gasteiger partial charge on any atom is -0.496 e. The molecule has 0 aliphatic heterocycles. The molecule has 0 amide bonds. The van der Waals surface area contributed by atoms with E-state index in [1.165, 1.54) is 5.56 Å². The van der Waals surface area contributed by atoms with Crippen molar-refractivity contribution in [1.29, 1.82) is 0 Å². The van der Waals surface area contributed by atoms with Crippen molar-refractivity contribution in [3.05, 3.63) is 58.1 Å². The van der Waals surface area contributed by atoms with Gasteiger partial charge in [-0.15, -0.1) is 0 Å². The molecule has 0 bridgehead atoms. The van der Waals surface area contributed by atoms with Gasteiger partial charge < -0.3 is 9.47 Å². The lowest BCUT2D eigenvalue weighted by atomic mass is 9.86. The van der Waals surface area contributed by atoms with Gasteiger partial charge in [-0.25, -0.2) is 0 Å². The van der Waals surface area contributed by atoms with Crippen LogP contribution in [0, 0.1) is 0 Å². The van der Waals surface area contributed by atoms with E-state index in [1.54, 1.807) is 7.11 Å². The highest BCUT2D eigenvalue weighted by molar-refractivity contribution is 9.10. The lowest BCUT2D eigenvalue weighted by Crippen LogP contribution is -2.13. The van der Waals surface area contributed by atoms with Crippen molar-refractivity contribution >= 4 is 15.9 Å². The third-order valence-electron chi connectivity index (χ3n) is 3.31. The standard InChI is InChI=1S/C18H21BrO2/c1-18(2,3)14-7-5-6-8-16(14)21-12-13-9-10-17(20-4)15(19)11-13/h5-11H,12H2,1-4H3. The van der Waals surface area contributed by atoms with Gasteiger partial charge in [-0.2, -0.15) is 0 Å². The number of rotatable bonds is 4. The van der Waals surface area contributed by atoms with Gasteiger partial charge in [-0.05, 0) is 50.7 Å². The fourth-order valence-corrected chi connectivity index (χ4v) is 2.76. The van der Waals surface area contributed by atoms with Gasteiger partial charge in [0.05, 0.1) is 11.6 Å². The van der Waals surface area contributed by atoms with Crippen molar-refractivity contribution in [1.82, 2.24) is 0 Å². The average Bonchev–Trinajstić information content (AvgIpc) is 2.44. The summed E-state index contributed by atoms with van der Waals surface area (Å²) < 4.78 is 12.2. The minimum atomic E-state index is 0.0666. The Hall–Kier alpha value is -1.48. The molecule has 0 saturated carbocycles.